The fourth-order valence-corrected chi connectivity index (χ4v) is 2.48. The summed E-state index contributed by atoms with van der Waals surface area (Å²) in [4.78, 5) is 16.6. The Morgan fingerprint density at radius 1 is 0.960 bits per heavy atom. The van der Waals surface area contributed by atoms with E-state index in [0.717, 1.165) is 5.56 Å². The fraction of sp³-hybridized carbons (Fsp3) is 0.200. The van der Waals surface area contributed by atoms with Crippen LogP contribution in [0.25, 0.3) is 6.08 Å². The highest BCUT2D eigenvalue weighted by molar-refractivity contribution is 6.13. The Labute approximate surface area is 146 Å². The van der Waals surface area contributed by atoms with Gasteiger partial charge in [0.05, 0.1) is 18.8 Å². The number of hydrogen-bond acceptors (Lipinski definition) is 5. The molecule has 0 bridgehead atoms. The van der Waals surface area contributed by atoms with Gasteiger partial charge in [0, 0.05) is 5.56 Å². The van der Waals surface area contributed by atoms with Crippen LogP contribution in [-0.2, 0) is 9.53 Å². The predicted molar refractivity (Wildman–Crippen MR) is 95.8 cm³/mol. The molecule has 5 heteroatoms. The van der Waals surface area contributed by atoms with Crippen LogP contribution >= 0.6 is 0 Å². The van der Waals surface area contributed by atoms with Crippen molar-refractivity contribution in [2.24, 2.45) is 4.99 Å². The van der Waals surface area contributed by atoms with Crippen LogP contribution in [0.5, 0.6) is 11.5 Å². The summed E-state index contributed by atoms with van der Waals surface area (Å²) >= 11 is 0. The van der Waals surface area contributed by atoms with Crippen LogP contribution in [0.2, 0.25) is 0 Å². The number of aliphatic imine (C=N–C) groups is 1. The van der Waals surface area contributed by atoms with Crippen LogP contribution in [0, 0.1) is 0 Å². The first-order chi connectivity index (χ1) is 12.2. The van der Waals surface area contributed by atoms with Crippen LogP contribution < -0.4 is 9.47 Å². The molecule has 3 rings (SSSR count). The highest BCUT2D eigenvalue weighted by atomic mass is 16.6. The third-order valence-corrected chi connectivity index (χ3v) is 3.55. The molecule has 0 fully saturated rings. The predicted octanol–water partition coefficient (Wildman–Crippen LogP) is 3.83. The molecule has 0 radical (unpaired) electrons. The summed E-state index contributed by atoms with van der Waals surface area (Å²) in [6, 6.07) is 14.8. The number of nitrogens with zero attached hydrogens (tertiary/aromatic N) is 1. The van der Waals surface area contributed by atoms with E-state index in [1.165, 1.54) is 0 Å². The van der Waals surface area contributed by atoms with E-state index in [4.69, 9.17) is 14.2 Å². The minimum Gasteiger partial charge on any atom is -0.493 e. The molecule has 128 valence electrons. The van der Waals surface area contributed by atoms with Crippen LogP contribution in [0.1, 0.15) is 25.0 Å². The number of carbonyl (C=O) groups is 1. The second kappa shape index (κ2) is 7.66. The van der Waals surface area contributed by atoms with Gasteiger partial charge in [0.15, 0.2) is 5.70 Å². The number of hydrogen-bond donors (Lipinski definition) is 0. The first kappa shape index (κ1) is 16.8. The minimum atomic E-state index is -0.493. The highest BCUT2D eigenvalue weighted by Crippen LogP contribution is 2.27. The van der Waals surface area contributed by atoms with Crippen LogP contribution in [0.4, 0.5) is 0 Å². The number of benzene rings is 2. The summed E-state index contributed by atoms with van der Waals surface area (Å²) in [5.74, 6) is 1.08. The maximum atomic E-state index is 12.2. The molecule has 0 atom stereocenters. The molecule has 0 saturated carbocycles. The van der Waals surface area contributed by atoms with Crippen molar-refractivity contribution in [2.45, 2.75) is 13.8 Å². The number of carbonyl (C=O) groups excluding carboxylic acids is 1. The average molecular weight is 337 g/mol. The quantitative estimate of drug-likeness (QED) is 0.594. The average Bonchev–Trinajstić information content (AvgIpc) is 2.98. The third-order valence-electron chi connectivity index (χ3n) is 3.55. The van der Waals surface area contributed by atoms with E-state index in [2.05, 4.69) is 4.99 Å². The molecular weight excluding hydrogens is 318 g/mol. The molecule has 5 nitrogen and oxygen atoms in total. The number of cyclic esters (lactones) is 1. The summed E-state index contributed by atoms with van der Waals surface area (Å²) in [5, 5.41) is 0. The van der Waals surface area contributed by atoms with Crippen LogP contribution in [0.15, 0.2) is 59.2 Å². The second-order valence-electron chi connectivity index (χ2n) is 5.24. The van der Waals surface area contributed by atoms with E-state index in [1.54, 1.807) is 6.08 Å². The van der Waals surface area contributed by atoms with Crippen molar-refractivity contribution in [1.82, 2.24) is 0 Å². The summed E-state index contributed by atoms with van der Waals surface area (Å²) < 4.78 is 16.5. The van der Waals surface area contributed by atoms with Gasteiger partial charge in [-0.1, -0.05) is 30.3 Å². The Hall–Kier alpha value is -3.08. The van der Waals surface area contributed by atoms with E-state index in [1.807, 2.05) is 62.4 Å². The topological polar surface area (TPSA) is 57.1 Å². The molecule has 0 amide bonds. The Bertz CT molecular complexity index is 839. The smallest absolute Gasteiger partial charge is 0.363 e. The van der Waals surface area contributed by atoms with E-state index in [-0.39, 0.29) is 11.6 Å². The number of esters is 1. The normalized spacial score (nSPS) is 15.0. The van der Waals surface area contributed by atoms with Gasteiger partial charge in [0.1, 0.15) is 11.5 Å². The van der Waals surface area contributed by atoms with Gasteiger partial charge in [-0.3, -0.25) is 0 Å². The molecule has 0 N–H and O–H groups in total. The summed E-state index contributed by atoms with van der Waals surface area (Å²) in [6.45, 7) is 4.87. The van der Waals surface area contributed by atoms with Crippen molar-refractivity contribution < 1.29 is 19.0 Å². The number of rotatable bonds is 6. The van der Waals surface area contributed by atoms with Gasteiger partial charge in [0.25, 0.3) is 0 Å². The van der Waals surface area contributed by atoms with Crippen molar-refractivity contribution >= 4 is 17.9 Å². The summed E-state index contributed by atoms with van der Waals surface area (Å²) in [5.41, 5.74) is 1.66. The Balaban J connectivity index is 1.96. The molecule has 1 aliphatic heterocycles. The molecule has 1 aliphatic rings. The van der Waals surface area contributed by atoms with Gasteiger partial charge in [-0.15, -0.1) is 0 Å². The molecule has 0 aromatic heterocycles. The van der Waals surface area contributed by atoms with Crippen molar-refractivity contribution in [1.29, 1.82) is 0 Å². The van der Waals surface area contributed by atoms with Crippen LogP contribution in [0.3, 0.4) is 0 Å². The highest BCUT2D eigenvalue weighted by Gasteiger charge is 2.26. The standard InChI is InChI=1S/C20H19NO4/c1-3-23-17-11-7-5-9-14(17)13-16-20(22)25-19(21-16)15-10-6-8-12-18(15)24-4-2/h5-13H,3-4H2,1-2H3/b16-13-. The SMILES string of the molecule is CCOc1ccccc1/C=C1\N=C(c2ccccc2OCC)OC1=O. The summed E-state index contributed by atoms with van der Waals surface area (Å²) in [6.07, 6.45) is 1.67. The van der Waals surface area contributed by atoms with E-state index in [9.17, 15) is 4.79 Å². The Kier molecular flexibility index (Phi) is 5.14. The van der Waals surface area contributed by atoms with E-state index < -0.39 is 5.97 Å². The third kappa shape index (κ3) is 3.71. The first-order valence-electron chi connectivity index (χ1n) is 8.19. The first-order valence-corrected chi connectivity index (χ1v) is 8.19. The second-order valence-corrected chi connectivity index (χ2v) is 5.24. The molecule has 25 heavy (non-hydrogen) atoms. The minimum absolute atomic E-state index is 0.230. The lowest BCUT2D eigenvalue weighted by molar-refractivity contribution is -0.129. The maximum absolute atomic E-state index is 12.2. The van der Waals surface area contributed by atoms with Gasteiger partial charge >= 0.3 is 5.97 Å². The summed E-state index contributed by atoms with van der Waals surface area (Å²) in [7, 11) is 0. The molecule has 1 heterocycles. The largest absolute Gasteiger partial charge is 0.493 e. The Morgan fingerprint density at radius 3 is 2.36 bits per heavy atom. The zero-order valence-electron chi connectivity index (χ0n) is 14.2. The van der Waals surface area contributed by atoms with E-state index >= 15 is 0 Å². The van der Waals surface area contributed by atoms with Gasteiger partial charge < -0.3 is 14.2 Å². The molecule has 0 spiro atoms. The van der Waals surface area contributed by atoms with Crippen molar-refractivity contribution in [3.8, 4) is 11.5 Å². The molecule has 0 unspecified atom stereocenters. The van der Waals surface area contributed by atoms with E-state index in [0.29, 0.717) is 30.3 Å². The zero-order valence-corrected chi connectivity index (χ0v) is 14.2. The van der Waals surface area contributed by atoms with Gasteiger partial charge in [-0.05, 0) is 38.1 Å². The van der Waals surface area contributed by atoms with Gasteiger partial charge in [0.2, 0.25) is 5.90 Å². The van der Waals surface area contributed by atoms with Crippen molar-refractivity contribution in [3.63, 3.8) is 0 Å². The zero-order chi connectivity index (χ0) is 17.6. The fourth-order valence-electron chi connectivity index (χ4n) is 2.48. The molecular formula is C20H19NO4. The molecule has 2 aromatic rings. The lowest BCUT2D eigenvalue weighted by atomic mass is 10.1. The lowest BCUT2D eigenvalue weighted by Crippen LogP contribution is -2.07. The maximum Gasteiger partial charge on any atom is 0.363 e. The van der Waals surface area contributed by atoms with Crippen molar-refractivity contribution in [3.05, 3.63) is 65.4 Å². The number of ether oxygens (including phenoxy) is 3. The van der Waals surface area contributed by atoms with Gasteiger partial charge in [-0.25, -0.2) is 9.79 Å². The Morgan fingerprint density at radius 2 is 1.60 bits per heavy atom. The molecule has 0 aliphatic carbocycles. The van der Waals surface area contributed by atoms with Crippen LogP contribution in [-0.4, -0.2) is 25.1 Å². The number of para-hydroxylation sites is 2. The van der Waals surface area contributed by atoms with Crippen molar-refractivity contribution in [2.75, 3.05) is 13.2 Å². The molecule has 0 saturated heterocycles. The molecule has 2 aromatic carbocycles. The van der Waals surface area contributed by atoms with Gasteiger partial charge in [-0.2, -0.15) is 0 Å². The lowest BCUT2D eigenvalue weighted by Gasteiger charge is -2.08. The monoisotopic (exact) mass is 337 g/mol.